The van der Waals surface area contributed by atoms with Gasteiger partial charge in [-0.05, 0) is 42.0 Å². The molecule has 1 N–H and O–H groups in total. The van der Waals surface area contributed by atoms with Crippen LogP contribution in [0, 0.1) is 20.2 Å². The van der Waals surface area contributed by atoms with E-state index in [1.54, 1.807) is 30.3 Å². The van der Waals surface area contributed by atoms with Crippen molar-refractivity contribution in [1.82, 2.24) is 0 Å². The van der Waals surface area contributed by atoms with Crippen molar-refractivity contribution in [3.63, 3.8) is 0 Å². The summed E-state index contributed by atoms with van der Waals surface area (Å²) in [5.41, 5.74) is -3.32. The number of hydrogen-bond donors (Lipinski definition) is 1. The van der Waals surface area contributed by atoms with Crippen LogP contribution in [0.1, 0.15) is 11.1 Å². The van der Waals surface area contributed by atoms with E-state index in [1.807, 2.05) is 0 Å². The van der Waals surface area contributed by atoms with E-state index in [-0.39, 0.29) is 23.5 Å². The normalized spacial score (nSPS) is 11.4. The molecule has 0 atom stereocenters. The summed E-state index contributed by atoms with van der Waals surface area (Å²) < 4.78 is 44.4. The Hall–Kier alpha value is -4.48. The fourth-order valence-electron chi connectivity index (χ4n) is 2.85. The van der Waals surface area contributed by atoms with Gasteiger partial charge in [-0.1, -0.05) is 12.1 Å². The van der Waals surface area contributed by atoms with Crippen molar-refractivity contribution in [3.05, 3.63) is 92.0 Å². The molecule has 3 aromatic rings. The van der Waals surface area contributed by atoms with Gasteiger partial charge in [0.05, 0.1) is 33.9 Å². The Morgan fingerprint density at radius 2 is 1.55 bits per heavy atom. The van der Waals surface area contributed by atoms with Gasteiger partial charge in [-0.2, -0.15) is 13.2 Å². The van der Waals surface area contributed by atoms with Gasteiger partial charge in [0.25, 0.3) is 11.4 Å². The van der Waals surface area contributed by atoms with Crippen molar-refractivity contribution in [2.75, 3.05) is 12.4 Å². The Morgan fingerprint density at radius 3 is 2.06 bits per heavy atom. The van der Waals surface area contributed by atoms with Crippen LogP contribution >= 0.6 is 0 Å². The molecule has 0 aromatic heterocycles. The number of nitro groups is 2. The standard InChI is InChI=1S/C21H15F3N4O5/c1-33-15-8-6-13(7-9-15)12-25-16-4-2-3-5-17(16)26-20-18(27(29)30)10-14(21(22,23)24)11-19(20)28(31)32/h2-12,26H,1H3. The number of nitrogens with one attached hydrogen (secondary N) is 1. The first kappa shape index (κ1) is 23.2. The number of aliphatic imine (C=N–C) groups is 1. The highest BCUT2D eigenvalue weighted by molar-refractivity contribution is 5.87. The van der Waals surface area contributed by atoms with Crippen LogP contribution in [0.5, 0.6) is 5.75 Å². The van der Waals surface area contributed by atoms with Crippen molar-refractivity contribution in [2.45, 2.75) is 6.18 Å². The third kappa shape index (κ3) is 5.42. The van der Waals surface area contributed by atoms with E-state index in [2.05, 4.69) is 10.3 Å². The Kier molecular flexibility index (Phi) is 6.56. The molecular formula is C21H15F3N4O5. The summed E-state index contributed by atoms with van der Waals surface area (Å²) in [5.74, 6) is 0.635. The van der Waals surface area contributed by atoms with Gasteiger partial charge < -0.3 is 10.1 Å². The Labute approximate surface area is 184 Å². The molecule has 0 heterocycles. The summed E-state index contributed by atoms with van der Waals surface area (Å²) in [6.45, 7) is 0. The molecule has 3 aromatic carbocycles. The molecule has 12 heteroatoms. The average Bonchev–Trinajstić information content (AvgIpc) is 2.77. The second-order valence-electron chi connectivity index (χ2n) is 6.57. The third-order valence-corrected chi connectivity index (χ3v) is 4.45. The number of alkyl halides is 3. The molecule has 0 aliphatic carbocycles. The fraction of sp³-hybridized carbons (Fsp3) is 0.0952. The number of nitrogens with zero attached hydrogens (tertiary/aromatic N) is 3. The number of para-hydroxylation sites is 2. The zero-order valence-electron chi connectivity index (χ0n) is 16.9. The van der Waals surface area contributed by atoms with Gasteiger partial charge in [-0.3, -0.25) is 25.2 Å². The van der Waals surface area contributed by atoms with E-state index in [0.717, 1.165) is 0 Å². The summed E-state index contributed by atoms with van der Waals surface area (Å²) in [7, 11) is 1.52. The maximum Gasteiger partial charge on any atom is 0.416 e. The molecule has 170 valence electrons. The van der Waals surface area contributed by atoms with E-state index in [9.17, 15) is 33.4 Å². The summed E-state index contributed by atoms with van der Waals surface area (Å²) >= 11 is 0. The van der Waals surface area contributed by atoms with Gasteiger partial charge in [0, 0.05) is 18.3 Å². The minimum absolute atomic E-state index is 0.119. The lowest BCUT2D eigenvalue weighted by molar-refractivity contribution is -0.392. The molecule has 0 fully saturated rings. The Morgan fingerprint density at radius 1 is 0.970 bits per heavy atom. The van der Waals surface area contributed by atoms with E-state index in [4.69, 9.17) is 4.74 Å². The number of hydrogen-bond acceptors (Lipinski definition) is 7. The maximum absolute atomic E-state index is 13.1. The average molecular weight is 460 g/mol. The highest BCUT2D eigenvalue weighted by atomic mass is 19.4. The van der Waals surface area contributed by atoms with Crippen molar-refractivity contribution in [3.8, 4) is 5.75 Å². The second kappa shape index (κ2) is 9.34. The first-order valence-corrected chi connectivity index (χ1v) is 9.18. The van der Waals surface area contributed by atoms with Gasteiger partial charge in [-0.25, -0.2) is 0 Å². The van der Waals surface area contributed by atoms with Crippen molar-refractivity contribution in [2.24, 2.45) is 4.99 Å². The zero-order chi connectivity index (χ0) is 24.2. The predicted molar refractivity (Wildman–Crippen MR) is 115 cm³/mol. The highest BCUT2D eigenvalue weighted by Gasteiger charge is 2.37. The molecule has 0 amide bonds. The van der Waals surface area contributed by atoms with Crippen molar-refractivity contribution < 1.29 is 27.8 Å². The number of rotatable bonds is 7. The quantitative estimate of drug-likeness (QED) is 0.261. The molecule has 3 rings (SSSR count). The van der Waals surface area contributed by atoms with Crippen LogP contribution in [-0.2, 0) is 6.18 Å². The monoisotopic (exact) mass is 460 g/mol. The number of ether oxygens (including phenoxy) is 1. The fourth-order valence-corrected chi connectivity index (χ4v) is 2.85. The molecule has 0 aliphatic rings. The summed E-state index contributed by atoms with van der Waals surface area (Å²) in [6.07, 6.45) is -3.52. The van der Waals surface area contributed by atoms with Crippen LogP contribution in [0.15, 0.2) is 65.7 Å². The van der Waals surface area contributed by atoms with Crippen molar-refractivity contribution in [1.29, 1.82) is 0 Å². The van der Waals surface area contributed by atoms with E-state index >= 15 is 0 Å². The second-order valence-corrected chi connectivity index (χ2v) is 6.57. The maximum atomic E-state index is 13.1. The molecule has 33 heavy (non-hydrogen) atoms. The van der Waals surface area contributed by atoms with E-state index in [0.29, 0.717) is 11.3 Å². The molecule has 0 spiro atoms. The molecule has 0 bridgehead atoms. The number of nitro benzene ring substituents is 2. The zero-order valence-corrected chi connectivity index (χ0v) is 16.9. The van der Waals surface area contributed by atoms with Crippen LogP contribution in [0.2, 0.25) is 0 Å². The lowest BCUT2D eigenvalue weighted by Gasteiger charge is -2.12. The van der Waals surface area contributed by atoms with Gasteiger partial charge in [0.1, 0.15) is 5.75 Å². The Balaban J connectivity index is 2.05. The first-order chi connectivity index (χ1) is 15.6. The molecule has 0 saturated heterocycles. The van der Waals surface area contributed by atoms with Gasteiger partial charge in [0.15, 0.2) is 5.69 Å². The summed E-state index contributed by atoms with van der Waals surface area (Å²) in [6, 6.07) is 13.5. The smallest absolute Gasteiger partial charge is 0.416 e. The molecule has 9 nitrogen and oxygen atoms in total. The number of benzene rings is 3. The van der Waals surface area contributed by atoms with Crippen LogP contribution in [0.3, 0.4) is 0 Å². The topological polar surface area (TPSA) is 120 Å². The molecule has 0 unspecified atom stereocenters. The van der Waals surface area contributed by atoms with E-state index < -0.39 is 38.6 Å². The SMILES string of the molecule is COc1ccc(C=Nc2ccccc2Nc2c([N+](=O)[O-])cc(C(F)(F)F)cc2[N+](=O)[O-])cc1. The van der Waals surface area contributed by atoms with Crippen LogP contribution in [0.25, 0.3) is 0 Å². The van der Waals surface area contributed by atoms with Gasteiger partial charge in [0.2, 0.25) is 0 Å². The number of anilines is 2. The molecule has 0 saturated carbocycles. The van der Waals surface area contributed by atoms with Crippen LogP contribution < -0.4 is 10.1 Å². The minimum Gasteiger partial charge on any atom is -0.497 e. The van der Waals surface area contributed by atoms with Crippen LogP contribution in [-0.4, -0.2) is 23.2 Å². The first-order valence-electron chi connectivity index (χ1n) is 9.18. The van der Waals surface area contributed by atoms with Gasteiger partial charge in [-0.15, -0.1) is 0 Å². The predicted octanol–water partition coefficient (Wildman–Crippen LogP) is 6.02. The summed E-state index contributed by atoms with van der Waals surface area (Å²) in [5, 5.41) is 25.4. The third-order valence-electron chi connectivity index (χ3n) is 4.45. The van der Waals surface area contributed by atoms with E-state index in [1.165, 1.54) is 31.5 Å². The molecule has 0 radical (unpaired) electrons. The Bertz CT molecular complexity index is 1190. The largest absolute Gasteiger partial charge is 0.497 e. The summed E-state index contributed by atoms with van der Waals surface area (Å²) in [4.78, 5) is 25.0. The van der Waals surface area contributed by atoms with Crippen molar-refractivity contribution >= 4 is 34.7 Å². The minimum atomic E-state index is -5.01. The van der Waals surface area contributed by atoms with Gasteiger partial charge >= 0.3 is 6.18 Å². The molecule has 0 aliphatic heterocycles. The number of halogens is 3. The lowest BCUT2D eigenvalue weighted by Crippen LogP contribution is -2.09. The lowest BCUT2D eigenvalue weighted by atomic mass is 10.1. The highest BCUT2D eigenvalue weighted by Crippen LogP contribution is 2.43. The molecular weight excluding hydrogens is 445 g/mol. The number of methoxy groups -OCH3 is 1. The van der Waals surface area contributed by atoms with Crippen LogP contribution in [0.4, 0.5) is 41.6 Å².